The molecule has 0 bridgehead atoms. The van der Waals surface area contributed by atoms with Crippen molar-refractivity contribution in [1.82, 2.24) is 20.2 Å². The van der Waals surface area contributed by atoms with E-state index < -0.39 is 52.9 Å². The highest BCUT2D eigenvalue weighted by molar-refractivity contribution is 6.30. The lowest BCUT2D eigenvalue weighted by Crippen LogP contribution is -2.53. The largest absolute Gasteiger partial charge is 0.416 e. The minimum Gasteiger partial charge on any atom is -0.348 e. The van der Waals surface area contributed by atoms with Crippen LogP contribution in [0, 0.1) is 0 Å². The van der Waals surface area contributed by atoms with Crippen molar-refractivity contribution < 1.29 is 35.9 Å². The van der Waals surface area contributed by atoms with Crippen LogP contribution in [0.2, 0.25) is 5.02 Å². The molecule has 4 aromatic rings. The number of alkyl halides is 6. The number of rotatable bonds is 5. The van der Waals surface area contributed by atoms with Crippen molar-refractivity contribution in [2.24, 2.45) is 0 Å². The standard InChI is InChI=1S/C30H23ClF6N4O2/c31-21-7-5-17(6-8-21)11-23-15-22(40-27(42)26-24-3-1-2-4-25(24)38-16-39-26)9-10-41(23)28(43)18-12-19(29(32,33)34)14-20(13-18)30(35,36)37/h1-8,12-14,16,22-23H,9-11,15H2,(H,40,42). The van der Waals surface area contributed by atoms with E-state index in [0.29, 0.717) is 28.1 Å². The van der Waals surface area contributed by atoms with Crippen LogP contribution < -0.4 is 5.32 Å². The van der Waals surface area contributed by atoms with Crippen LogP contribution in [0.3, 0.4) is 0 Å². The molecule has 224 valence electrons. The van der Waals surface area contributed by atoms with Gasteiger partial charge in [-0.1, -0.05) is 41.9 Å². The SMILES string of the molecule is O=C(NC1CCN(C(=O)c2cc(C(F)(F)F)cc(C(F)(F)F)c2)C(Cc2ccc(Cl)cc2)C1)c1ncnc2ccccc12. The summed E-state index contributed by atoms with van der Waals surface area (Å²) in [6.45, 7) is -0.0237. The Morgan fingerprint density at radius 2 is 1.56 bits per heavy atom. The summed E-state index contributed by atoms with van der Waals surface area (Å²) in [5, 5.41) is 3.93. The number of likely N-dealkylation sites (tertiary alicyclic amines) is 1. The number of aromatic nitrogens is 2. The van der Waals surface area contributed by atoms with Crippen molar-refractivity contribution in [3.8, 4) is 0 Å². The van der Waals surface area contributed by atoms with E-state index in [-0.39, 0.29) is 37.6 Å². The van der Waals surface area contributed by atoms with E-state index in [1.165, 1.54) is 11.2 Å². The number of nitrogens with zero attached hydrogens (tertiary/aromatic N) is 3. The first kappa shape index (κ1) is 30.3. The van der Waals surface area contributed by atoms with Gasteiger partial charge in [0, 0.05) is 34.6 Å². The Morgan fingerprint density at radius 1 is 0.907 bits per heavy atom. The molecule has 1 aliphatic rings. The lowest BCUT2D eigenvalue weighted by molar-refractivity contribution is -0.143. The minimum atomic E-state index is -5.10. The van der Waals surface area contributed by atoms with Crippen molar-refractivity contribution >= 4 is 34.3 Å². The van der Waals surface area contributed by atoms with Crippen LogP contribution in [0.25, 0.3) is 10.9 Å². The molecule has 2 heterocycles. The van der Waals surface area contributed by atoms with Gasteiger partial charge in [0.1, 0.15) is 12.0 Å². The summed E-state index contributed by atoms with van der Waals surface area (Å²) in [5.41, 5.74) is -2.40. The number of para-hydroxylation sites is 1. The molecule has 5 rings (SSSR count). The van der Waals surface area contributed by atoms with Crippen LogP contribution >= 0.6 is 11.6 Å². The van der Waals surface area contributed by atoms with E-state index in [2.05, 4.69) is 15.3 Å². The zero-order valence-corrected chi connectivity index (χ0v) is 23.0. The first-order valence-electron chi connectivity index (χ1n) is 13.1. The van der Waals surface area contributed by atoms with Gasteiger partial charge in [-0.25, -0.2) is 9.97 Å². The summed E-state index contributed by atoms with van der Waals surface area (Å²) in [6, 6.07) is 13.4. The number of carbonyl (C=O) groups is 2. The van der Waals surface area contributed by atoms with Crippen molar-refractivity contribution in [2.75, 3.05) is 6.54 Å². The van der Waals surface area contributed by atoms with Crippen molar-refractivity contribution in [2.45, 2.75) is 43.7 Å². The molecule has 0 radical (unpaired) electrons. The van der Waals surface area contributed by atoms with E-state index in [9.17, 15) is 35.9 Å². The van der Waals surface area contributed by atoms with Gasteiger partial charge in [0.05, 0.1) is 16.6 Å². The van der Waals surface area contributed by atoms with E-state index in [0.717, 1.165) is 5.56 Å². The molecule has 1 aromatic heterocycles. The Bertz CT molecular complexity index is 1620. The van der Waals surface area contributed by atoms with Crippen LogP contribution in [0.5, 0.6) is 0 Å². The molecule has 2 unspecified atom stereocenters. The zero-order chi connectivity index (χ0) is 30.9. The monoisotopic (exact) mass is 620 g/mol. The molecule has 43 heavy (non-hydrogen) atoms. The van der Waals surface area contributed by atoms with Crippen molar-refractivity contribution in [3.05, 3.63) is 106 Å². The summed E-state index contributed by atoms with van der Waals surface area (Å²) < 4.78 is 81.0. The van der Waals surface area contributed by atoms with Crippen LogP contribution in [-0.4, -0.2) is 45.3 Å². The highest BCUT2D eigenvalue weighted by Gasteiger charge is 2.39. The maximum Gasteiger partial charge on any atom is 0.416 e. The van der Waals surface area contributed by atoms with Crippen LogP contribution in [0.1, 0.15) is 50.4 Å². The quantitative estimate of drug-likeness (QED) is 0.245. The lowest BCUT2D eigenvalue weighted by Gasteiger charge is -2.40. The Kier molecular flexibility index (Phi) is 8.33. The molecule has 1 saturated heterocycles. The van der Waals surface area contributed by atoms with Gasteiger partial charge in [-0.3, -0.25) is 9.59 Å². The first-order chi connectivity index (χ1) is 20.3. The third kappa shape index (κ3) is 6.90. The van der Waals surface area contributed by atoms with Gasteiger partial charge in [0.25, 0.3) is 11.8 Å². The Morgan fingerprint density at radius 3 is 2.21 bits per heavy atom. The molecule has 0 aliphatic carbocycles. The predicted molar refractivity (Wildman–Crippen MR) is 146 cm³/mol. The molecule has 0 saturated carbocycles. The second-order valence-electron chi connectivity index (χ2n) is 10.2. The highest BCUT2D eigenvalue weighted by atomic mass is 35.5. The fourth-order valence-corrected chi connectivity index (χ4v) is 5.35. The number of benzene rings is 3. The Hall–Kier alpha value is -4.19. The van der Waals surface area contributed by atoms with Gasteiger partial charge < -0.3 is 10.2 Å². The van der Waals surface area contributed by atoms with E-state index >= 15 is 0 Å². The molecule has 1 aliphatic heterocycles. The third-order valence-electron chi connectivity index (χ3n) is 7.29. The molecule has 0 spiro atoms. The van der Waals surface area contributed by atoms with E-state index in [4.69, 9.17) is 11.6 Å². The molecule has 13 heteroatoms. The normalized spacial score (nSPS) is 17.6. The van der Waals surface area contributed by atoms with Gasteiger partial charge in [0.15, 0.2) is 0 Å². The summed E-state index contributed by atoms with van der Waals surface area (Å²) in [7, 11) is 0. The highest BCUT2D eigenvalue weighted by Crippen LogP contribution is 2.37. The van der Waals surface area contributed by atoms with Gasteiger partial charge in [-0.15, -0.1) is 0 Å². The lowest BCUT2D eigenvalue weighted by atomic mass is 9.91. The third-order valence-corrected chi connectivity index (χ3v) is 7.54. The van der Waals surface area contributed by atoms with Crippen molar-refractivity contribution in [1.29, 1.82) is 0 Å². The van der Waals surface area contributed by atoms with Gasteiger partial charge in [-0.05, 0) is 61.2 Å². The fraction of sp³-hybridized carbons (Fsp3) is 0.267. The van der Waals surface area contributed by atoms with Gasteiger partial charge >= 0.3 is 12.4 Å². The zero-order valence-electron chi connectivity index (χ0n) is 22.2. The summed E-state index contributed by atoms with van der Waals surface area (Å²) in [6.07, 6.45) is -8.30. The molecule has 1 fully saturated rings. The summed E-state index contributed by atoms with van der Waals surface area (Å²) >= 11 is 5.99. The predicted octanol–water partition coefficient (Wildman–Crippen LogP) is 6.97. The molecule has 1 N–H and O–H groups in total. The number of hydrogen-bond acceptors (Lipinski definition) is 4. The van der Waals surface area contributed by atoms with Crippen LogP contribution in [0.4, 0.5) is 26.3 Å². The number of halogens is 7. The molecule has 3 aromatic carbocycles. The molecule has 6 nitrogen and oxygen atoms in total. The Balaban J connectivity index is 1.44. The fourth-order valence-electron chi connectivity index (χ4n) is 5.22. The second-order valence-corrected chi connectivity index (χ2v) is 10.6. The number of fused-ring (bicyclic) bond motifs is 1. The first-order valence-corrected chi connectivity index (χ1v) is 13.5. The average Bonchev–Trinajstić information content (AvgIpc) is 2.96. The number of piperidine rings is 1. The number of hydrogen-bond donors (Lipinski definition) is 1. The molecular weight excluding hydrogens is 598 g/mol. The van der Waals surface area contributed by atoms with Crippen molar-refractivity contribution in [3.63, 3.8) is 0 Å². The average molecular weight is 621 g/mol. The Labute approximate surface area is 246 Å². The van der Waals surface area contributed by atoms with Crippen LogP contribution in [0.15, 0.2) is 73.1 Å². The van der Waals surface area contributed by atoms with E-state index in [1.54, 1.807) is 48.5 Å². The second kappa shape index (κ2) is 11.8. The molecule has 2 atom stereocenters. The van der Waals surface area contributed by atoms with E-state index in [1.807, 2.05) is 0 Å². The number of carbonyl (C=O) groups excluding carboxylic acids is 2. The van der Waals surface area contributed by atoms with Gasteiger partial charge in [-0.2, -0.15) is 26.3 Å². The van der Waals surface area contributed by atoms with Crippen LogP contribution in [-0.2, 0) is 18.8 Å². The van der Waals surface area contributed by atoms with Gasteiger partial charge in [0.2, 0.25) is 0 Å². The summed E-state index contributed by atoms with van der Waals surface area (Å²) in [4.78, 5) is 36.3. The molecular formula is C30H23ClF6N4O2. The molecule has 2 amide bonds. The maximum absolute atomic E-state index is 13.6. The smallest absolute Gasteiger partial charge is 0.348 e. The maximum atomic E-state index is 13.6. The number of nitrogens with one attached hydrogen (secondary N) is 1. The topological polar surface area (TPSA) is 75.2 Å². The minimum absolute atomic E-state index is 0.0133. The number of amides is 2. The summed E-state index contributed by atoms with van der Waals surface area (Å²) in [5.74, 6) is -1.44.